The highest BCUT2D eigenvalue weighted by molar-refractivity contribution is 6.02. The van der Waals surface area contributed by atoms with Crippen LogP contribution in [0.5, 0.6) is 5.75 Å². The summed E-state index contributed by atoms with van der Waals surface area (Å²) in [4.78, 5) is 23.3. The summed E-state index contributed by atoms with van der Waals surface area (Å²) in [6.45, 7) is 0. The van der Waals surface area contributed by atoms with Crippen LogP contribution in [0.1, 0.15) is 12.0 Å². The Labute approximate surface area is 145 Å². The second kappa shape index (κ2) is 8.89. The van der Waals surface area contributed by atoms with Gasteiger partial charge in [-0.1, -0.05) is 18.2 Å². The first-order valence-electron chi connectivity index (χ1n) is 7.51. The molecule has 0 atom stereocenters. The summed E-state index contributed by atoms with van der Waals surface area (Å²) in [7, 11) is 1.57. The molecule has 0 fully saturated rings. The van der Waals surface area contributed by atoms with E-state index in [-0.39, 0.29) is 18.2 Å². The van der Waals surface area contributed by atoms with Crippen LogP contribution >= 0.6 is 0 Å². The number of anilines is 2. The zero-order valence-electron chi connectivity index (χ0n) is 13.7. The van der Waals surface area contributed by atoms with E-state index in [1.165, 1.54) is 6.08 Å². The van der Waals surface area contributed by atoms with E-state index in [4.69, 9.17) is 10.00 Å². The molecule has 0 aliphatic rings. The molecule has 0 saturated heterocycles. The molecule has 2 aromatic carbocycles. The molecule has 0 aromatic heterocycles. The van der Waals surface area contributed by atoms with Crippen LogP contribution in [0.15, 0.2) is 54.6 Å². The SMILES string of the molecule is COc1ccccc1/C=C/C(=O)Nc1ccc(NC(=O)CC#N)cc1. The Bertz CT molecular complexity index is 821. The van der Waals surface area contributed by atoms with E-state index in [1.54, 1.807) is 43.5 Å². The van der Waals surface area contributed by atoms with Gasteiger partial charge in [-0.25, -0.2) is 0 Å². The number of ether oxygens (including phenoxy) is 1. The van der Waals surface area contributed by atoms with E-state index in [1.807, 2.05) is 24.3 Å². The summed E-state index contributed by atoms with van der Waals surface area (Å²) in [6.07, 6.45) is 2.89. The minimum atomic E-state index is -0.376. The number of nitrogens with zero attached hydrogens (tertiary/aromatic N) is 1. The lowest BCUT2D eigenvalue weighted by molar-refractivity contribution is -0.115. The molecule has 0 bridgehead atoms. The number of nitriles is 1. The van der Waals surface area contributed by atoms with Crippen LogP contribution in [0, 0.1) is 11.3 Å². The Kier molecular flexibility index (Phi) is 6.32. The summed E-state index contributed by atoms with van der Waals surface area (Å²) in [6, 6.07) is 15.8. The third kappa shape index (κ3) is 5.52. The molecule has 0 saturated carbocycles. The van der Waals surface area contributed by atoms with Gasteiger partial charge in [-0.2, -0.15) is 5.26 Å². The summed E-state index contributed by atoms with van der Waals surface area (Å²) in [5.74, 6) is 0.0233. The average molecular weight is 335 g/mol. The average Bonchev–Trinajstić information content (AvgIpc) is 2.62. The lowest BCUT2D eigenvalue weighted by atomic mass is 10.2. The summed E-state index contributed by atoms with van der Waals surface area (Å²) in [5, 5.41) is 13.8. The van der Waals surface area contributed by atoms with Gasteiger partial charge in [-0.3, -0.25) is 9.59 Å². The van der Waals surface area contributed by atoms with Crippen molar-refractivity contribution >= 4 is 29.3 Å². The smallest absolute Gasteiger partial charge is 0.248 e. The number of carbonyl (C=O) groups is 2. The maximum absolute atomic E-state index is 12.0. The molecule has 0 heterocycles. The van der Waals surface area contributed by atoms with E-state index in [0.717, 1.165) is 5.56 Å². The van der Waals surface area contributed by atoms with Gasteiger partial charge >= 0.3 is 0 Å². The second-order valence-corrected chi connectivity index (χ2v) is 5.02. The minimum Gasteiger partial charge on any atom is -0.496 e. The normalized spacial score (nSPS) is 10.1. The van der Waals surface area contributed by atoms with Crippen LogP contribution in [-0.2, 0) is 9.59 Å². The van der Waals surface area contributed by atoms with Crippen LogP contribution in [-0.4, -0.2) is 18.9 Å². The van der Waals surface area contributed by atoms with E-state index in [2.05, 4.69) is 10.6 Å². The molecular weight excluding hydrogens is 318 g/mol. The molecule has 2 rings (SSSR count). The number of rotatable bonds is 6. The van der Waals surface area contributed by atoms with Crippen molar-refractivity contribution in [3.63, 3.8) is 0 Å². The maximum atomic E-state index is 12.0. The fourth-order valence-corrected chi connectivity index (χ4v) is 2.07. The van der Waals surface area contributed by atoms with Gasteiger partial charge < -0.3 is 15.4 Å². The Morgan fingerprint density at radius 1 is 1.08 bits per heavy atom. The van der Waals surface area contributed by atoms with Gasteiger partial charge in [0.2, 0.25) is 11.8 Å². The lowest BCUT2D eigenvalue weighted by Crippen LogP contribution is -2.10. The van der Waals surface area contributed by atoms with Crippen molar-refractivity contribution < 1.29 is 14.3 Å². The molecule has 126 valence electrons. The lowest BCUT2D eigenvalue weighted by Gasteiger charge is -2.06. The number of hydrogen-bond donors (Lipinski definition) is 2. The molecule has 0 aliphatic carbocycles. The Balaban J connectivity index is 1.95. The van der Waals surface area contributed by atoms with Crippen molar-refractivity contribution in [2.45, 2.75) is 6.42 Å². The third-order valence-electron chi connectivity index (χ3n) is 3.23. The highest BCUT2D eigenvalue weighted by Gasteiger charge is 2.03. The quantitative estimate of drug-likeness (QED) is 0.793. The number of nitrogens with one attached hydrogen (secondary N) is 2. The van der Waals surface area contributed by atoms with Gasteiger partial charge in [0.05, 0.1) is 13.2 Å². The highest BCUT2D eigenvalue weighted by atomic mass is 16.5. The molecular formula is C19H17N3O3. The number of benzene rings is 2. The first-order chi connectivity index (χ1) is 12.1. The van der Waals surface area contributed by atoms with E-state index in [0.29, 0.717) is 17.1 Å². The predicted octanol–water partition coefficient (Wildman–Crippen LogP) is 3.20. The Morgan fingerprint density at radius 3 is 2.36 bits per heavy atom. The van der Waals surface area contributed by atoms with Gasteiger partial charge in [0, 0.05) is 23.0 Å². The fourth-order valence-electron chi connectivity index (χ4n) is 2.07. The molecule has 0 spiro atoms. The summed E-state index contributed by atoms with van der Waals surface area (Å²) >= 11 is 0. The zero-order valence-corrected chi connectivity index (χ0v) is 13.7. The van der Waals surface area contributed by atoms with Crippen molar-refractivity contribution in [1.82, 2.24) is 0 Å². The monoisotopic (exact) mass is 335 g/mol. The predicted molar refractivity (Wildman–Crippen MR) is 96.0 cm³/mol. The van der Waals surface area contributed by atoms with Gasteiger partial charge in [-0.05, 0) is 36.4 Å². The van der Waals surface area contributed by atoms with E-state index < -0.39 is 0 Å². The molecule has 2 amide bonds. The van der Waals surface area contributed by atoms with Crippen molar-refractivity contribution in [2.75, 3.05) is 17.7 Å². The topological polar surface area (TPSA) is 91.2 Å². The van der Waals surface area contributed by atoms with E-state index in [9.17, 15) is 9.59 Å². The number of amides is 2. The minimum absolute atomic E-state index is 0.202. The largest absolute Gasteiger partial charge is 0.496 e. The molecule has 6 heteroatoms. The summed E-state index contributed by atoms with van der Waals surface area (Å²) < 4.78 is 5.22. The molecule has 0 aliphatic heterocycles. The second-order valence-electron chi connectivity index (χ2n) is 5.02. The molecule has 2 aromatic rings. The number of carbonyl (C=O) groups excluding carboxylic acids is 2. The van der Waals surface area contributed by atoms with Crippen LogP contribution < -0.4 is 15.4 Å². The standard InChI is InChI=1S/C19H17N3O3/c1-25-17-5-3-2-4-14(17)6-11-18(23)21-15-7-9-16(10-8-15)22-19(24)12-13-20/h2-11H,12H2,1H3,(H,21,23)(H,22,24)/b11-6+. The van der Waals surface area contributed by atoms with Gasteiger partial charge in [0.1, 0.15) is 12.2 Å². The van der Waals surface area contributed by atoms with Crippen LogP contribution in [0.2, 0.25) is 0 Å². The van der Waals surface area contributed by atoms with Crippen molar-refractivity contribution in [2.24, 2.45) is 0 Å². The number of methoxy groups -OCH3 is 1. The maximum Gasteiger partial charge on any atom is 0.248 e. The molecule has 0 unspecified atom stereocenters. The Morgan fingerprint density at radius 2 is 1.72 bits per heavy atom. The molecule has 6 nitrogen and oxygen atoms in total. The van der Waals surface area contributed by atoms with Crippen LogP contribution in [0.3, 0.4) is 0 Å². The molecule has 2 N–H and O–H groups in total. The fraction of sp³-hybridized carbons (Fsp3) is 0.105. The molecule has 0 radical (unpaired) electrons. The van der Waals surface area contributed by atoms with Crippen molar-refractivity contribution in [1.29, 1.82) is 5.26 Å². The Hall–Kier alpha value is -3.59. The number of hydrogen-bond acceptors (Lipinski definition) is 4. The van der Waals surface area contributed by atoms with Gasteiger partial charge in [0.25, 0.3) is 0 Å². The van der Waals surface area contributed by atoms with Crippen molar-refractivity contribution in [3.05, 3.63) is 60.2 Å². The zero-order chi connectivity index (χ0) is 18.1. The first-order valence-corrected chi connectivity index (χ1v) is 7.51. The van der Waals surface area contributed by atoms with Crippen LogP contribution in [0.4, 0.5) is 11.4 Å². The van der Waals surface area contributed by atoms with Crippen molar-refractivity contribution in [3.8, 4) is 11.8 Å². The third-order valence-corrected chi connectivity index (χ3v) is 3.23. The summed E-state index contributed by atoms with van der Waals surface area (Å²) in [5.41, 5.74) is 1.95. The van der Waals surface area contributed by atoms with Gasteiger partial charge in [0.15, 0.2) is 0 Å². The molecule has 25 heavy (non-hydrogen) atoms. The first kappa shape index (κ1) is 17.8. The number of para-hydroxylation sites is 1. The van der Waals surface area contributed by atoms with E-state index >= 15 is 0 Å². The highest BCUT2D eigenvalue weighted by Crippen LogP contribution is 2.19. The van der Waals surface area contributed by atoms with Crippen LogP contribution in [0.25, 0.3) is 6.08 Å². The van der Waals surface area contributed by atoms with Gasteiger partial charge in [-0.15, -0.1) is 0 Å².